The van der Waals surface area contributed by atoms with Crippen LogP contribution in [0.25, 0.3) is 16.6 Å². The highest BCUT2D eigenvalue weighted by molar-refractivity contribution is 9.10. The van der Waals surface area contributed by atoms with E-state index >= 15 is 0 Å². The van der Waals surface area contributed by atoms with Crippen LogP contribution in [0.3, 0.4) is 0 Å². The van der Waals surface area contributed by atoms with Crippen LogP contribution in [-0.2, 0) is 0 Å². The Morgan fingerprint density at radius 2 is 2.04 bits per heavy atom. The second kappa shape index (κ2) is 6.76. The molecular formula is C19H16BrN5O. The molecule has 4 rings (SSSR count). The average molecular weight is 410 g/mol. The summed E-state index contributed by atoms with van der Waals surface area (Å²) in [4.78, 5) is 8.91. The largest absolute Gasteiger partial charge is 0.480 e. The normalized spacial score (nSPS) is 12.2. The molecule has 1 atom stereocenters. The molecule has 0 radical (unpaired) electrons. The van der Waals surface area contributed by atoms with E-state index in [1.807, 2.05) is 55.6 Å². The molecule has 0 aliphatic rings. The molecule has 0 fully saturated rings. The highest BCUT2D eigenvalue weighted by atomic mass is 79.9. The van der Waals surface area contributed by atoms with Gasteiger partial charge in [-0.3, -0.25) is 4.98 Å². The van der Waals surface area contributed by atoms with Gasteiger partial charge in [-0.05, 0) is 49.4 Å². The third kappa shape index (κ3) is 3.13. The Morgan fingerprint density at radius 3 is 2.85 bits per heavy atom. The number of hydrogen-bond donors (Lipinski definition) is 1. The summed E-state index contributed by atoms with van der Waals surface area (Å²) in [7, 11) is 0. The summed E-state index contributed by atoms with van der Waals surface area (Å²) in [5.41, 5.74) is 8.55. The van der Waals surface area contributed by atoms with Gasteiger partial charge in [0.15, 0.2) is 11.6 Å². The number of rotatable bonds is 4. The first-order valence-corrected chi connectivity index (χ1v) is 8.88. The van der Waals surface area contributed by atoms with Crippen LogP contribution in [0.5, 0.6) is 5.75 Å². The number of nitrogens with two attached hydrogens (primary N) is 1. The molecular weight excluding hydrogens is 394 g/mol. The molecule has 3 heterocycles. The molecule has 130 valence electrons. The Hall–Kier alpha value is -2.93. The fourth-order valence-corrected chi connectivity index (χ4v) is 3.19. The van der Waals surface area contributed by atoms with Crippen molar-refractivity contribution in [2.75, 3.05) is 5.73 Å². The van der Waals surface area contributed by atoms with Crippen molar-refractivity contribution in [1.29, 1.82) is 0 Å². The van der Waals surface area contributed by atoms with Crippen LogP contribution in [0.15, 0.2) is 65.5 Å². The van der Waals surface area contributed by atoms with E-state index < -0.39 is 0 Å². The van der Waals surface area contributed by atoms with Crippen molar-refractivity contribution in [3.63, 3.8) is 0 Å². The molecule has 0 aliphatic heterocycles. The maximum absolute atomic E-state index is 6.11. The van der Waals surface area contributed by atoms with Gasteiger partial charge >= 0.3 is 0 Å². The van der Waals surface area contributed by atoms with Crippen molar-refractivity contribution in [3.05, 3.63) is 71.2 Å². The molecule has 1 aromatic carbocycles. The standard InChI is InChI=1S/C19H16BrN5O/c1-12(18-16(4-2-7-22-18)25-9-3-8-23-25)26-17-11-13-10-14(20)5-6-15(13)24-19(17)21/h2-12H,1H3,(H2,21,24)/t12-/m0/s1. The number of anilines is 1. The maximum Gasteiger partial charge on any atom is 0.166 e. The third-order valence-electron chi connectivity index (χ3n) is 4.03. The van der Waals surface area contributed by atoms with E-state index in [0.717, 1.165) is 26.8 Å². The van der Waals surface area contributed by atoms with E-state index in [1.54, 1.807) is 17.1 Å². The van der Waals surface area contributed by atoms with Crippen molar-refractivity contribution < 1.29 is 4.74 Å². The Labute approximate surface area is 158 Å². The zero-order valence-electron chi connectivity index (χ0n) is 14.0. The molecule has 3 aromatic heterocycles. The molecule has 7 heteroatoms. The second-order valence-electron chi connectivity index (χ2n) is 5.83. The van der Waals surface area contributed by atoms with Crippen LogP contribution in [0, 0.1) is 0 Å². The topological polar surface area (TPSA) is 78.9 Å². The smallest absolute Gasteiger partial charge is 0.166 e. The summed E-state index contributed by atoms with van der Waals surface area (Å²) in [6, 6.07) is 13.4. The fourth-order valence-electron chi connectivity index (χ4n) is 2.81. The minimum Gasteiger partial charge on any atom is -0.480 e. The quantitative estimate of drug-likeness (QED) is 0.543. The molecule has 0 saturated heterocycles. The van der Waals surface area contributed by atoms with Crippen LogP contribution in [-0.4, -0.2) is 19.7 Å². The Morgan fingerprint density at radius 1 is 1.15 bits per heavy atom. The van der Waals surface area contributed by atoms with Crippen LogP contribution in [0.1, 0.15) is 18.7 Å². The number of nitrogens with zero attached hydrogens (tertiary/aromatic N) is 4. The first kappa shape index (κ1) is 16.5. The molecule has 6 nitrogen and oxygen atoms in total. The molecule has 2 N–H and O–H groups in total. The van der Waals surface area contributed by atoms with Gasteiger partial charge in [0, 0.05) is 28.4 Å². The van der Waals surface area contributed by atoms with Crippen molar-refractivity contribution in [2.45, 2.75) is 13.0 Å². The van der Waals surface area contributed by atoms with Gasteiger partial charge < -0.3 is 10.5 Å². The number of ether oxygens (including phenoxy) is 1. The summed E-state index contributed by atoms with van der Waals surface area (Å²) >= 11 is 3.48. The molecule has 0 bridgehead atoms. The number of hydrogen-bond acceptors (Lipinski definition) is 5. The molecule has 26 heavy (non-hydrogen) atoms. The molecule has 0 aliphatic carbocycles. The van der Waals surface area contributed by atoms with E-state index in [-0.39, 0.29) is 6.10 Å². The molecule has 0 saturated carbocycles. The number of fused-ring (bicyclic) bond motifs is 1. The molecule has 4 aromatic rings. The average Bonchev–Trinajstić information content (AvgIpc) is 3.17. The molecule has 0 unspecified atom stereocenters. The lowest BCUT2D eigenvalue weighted by molar-refractivity contribution is 0.222. The monoisotopic (exact) mass is 409 g/mol. The van der Waals surface area contributed by atoms with Gasteiger partial charge in [0.05, 0.1) is 11.2 Å². The molecule has 0 spiro atoms. The number of pyridine rings is 2. The number of benzene rings is 1. The Balaban J connectivity index is 1.70. The summed E-state index contributed by atoms with van der Waals surface area (Å²) in [5, 5.41) is 5.23. The van der Waals surface area contributed by atoms with Gasteiger partial charge in [-0.1, -0.05) is 15.9 Å². The van der Waals surface area contributed by atoms with Gasteiger partial charge in [-0.2, -0.15) is 5.10 Å². The number of aromatic nitrogens is 4. The van der Waals surface area contributed by atoms with Gasteiger partial charge in [0.2, 0.25) is 0 Å². The van der Waals surface area contributed by atoms with Crippen LogP contribution >= 0.6 is 15.9 Å². The Bertz CT molecular complexity index is 1060. The van der Waals surface area contributed by atoms with E-state index in [1.165, 1.54) is 0 Å². The molecule has 0 amide bonds. The summed E-state index contributed by atoms with van der Waals surface area (Å²) < 4.78 is 8.85. The second-order valence-corrected chi connectivity index (χ2v) is 6.74. The van der Waals surface area contributed by atoms with Gasteiger partial charge in [0.1, 0.15) is 11.8 Å². The lowest BCUT2D eigenvalue weighted by atomic mass is 10.2. The lowest BCUT2D eigenvalue weighted by Gasteiger charge is -2.18. The highest BCUT2D eigenvalue weighted by Gasteiger charge is 2.17. The van der Waals surface area contributed by atoms with Crippen molar-refractivity contribution >= 4 is 32.7 Å². The number of halogens is 1. The number of nitrogen functional groups attached to an aromatic ring is 1. The van der Waals surface area contributed by atoms with Crippen LogP contribution in [0.4, 0.5) is 5.82 Å². The Kier molecular flexibility index (Phi) is 4.30. The van der Waals surface area contributed by atoms with Crippen LogP contribution < -0.4 is 10.5 Å². The lowest BCUT2D eigenvalue weighted by Crippen LogP contribution is -2.11. The first-order valence-electron chi connectivity index (χ1n) is 8.09. The van der Waals surface area contributed by atoms with E-state index in [0.29, 0.717) is 11.6 Å². The minimum absolute atomic E-state index is 0.330. The third-order valence-corrected chi connectivity index (χ3v) is 4.52. The predicted octanol–water partition coefficient (Wildman–Crippen LogP) is 4.30. The van der Waals surface area contributed by atoms with Crippen molar-refractivity contribution in [2.24, 2.45) is 0 Å². The van der Waals surface area contributed by atoms with Crippen LogP contribution in [0.2, 0.25) is 0 Å². The SMILES string of the molecule is C[C@H](Oc1cc2cc(Br)ccc2nc1N)c1ncccc1-n1cccn1. The summed E-state index contributed by atoms with van der Waals surface area (Å²) in [5.74, 6) is 0.878. The highest BCUT2D eigenvalue weighted by Crippen LogP contribution is 2.31. The minimum atomic E-state index is -0.330. The van der Waals surface area contributed by atoms with E-state index in [2.05, 4.69) is 31.0 Å². The maximum atomic E-state index is 6.11. The van der Waals surface area contributed by atoms with E-state index in [9.17, 15) is 0 Å². The van der Waals surface area contributed by atoms with Crippen molar-refractivity contribution in [1.82, 2.24) is 19.7 Å². The summed E-state index contributed by atoms with van der Waals surface area (Å²) in [6.07, 6.45) is 5.01. The van der Waals surface area contributed by atoms with Gasteiger partial charge in [-0.15, -0.1) is 0 Å². The first-order chi connectivity index (χ1) is 12.6. The summed E-state index contributed by atoms with van der Waals surface area (Å²) in [6.45, 7) is 1.93. The predicted molar refractivity (Wildman–Crippen MR) is 104 cm³/mol. The zero-order valence-corrected chi connectivity index (χ0v) is 15.6. The van der Waals surface area contributed by atoms with Gasteiger partial charge in [-0.25, -0.2) is 9.67 Å². The fraction of sp³-hybridized carbons (Fsp3) is 0.105. The zero-order chi connectivity index (χ0) is 18.1. The van der Waals surface area contributed by atoms with Crippen molar-refractivity contribution in [3.8, 4) is 11.4 Å². The van der Waals surface area contributed by atoms with Gasteiger partial charge in [0.25, 0.3) is 0 Å². The van der Waals surface area contributed by atoms with E-state index in [4.69, 9.17) is 10.5 Å².